The van der Waals surface area contributed by atoms with E-state index in [0.717, 1.165) is 0 Å². The van der Waals surface area contributed by atoms with Gasteiger partial charge in [-0.1, -0.05) is 0 Å². The first kappa shape index (κ1) is 23.1. The molecule has 170 valence electrons. The van der Waals surface area contributed by atoms with Gasteiger partial charge in [0.05, 0.1) is 0 Å². The van der Waals surface area contributed by atoms with Crippen LogP contribution in [0.5, 0.6) is 5.75 Å². The highest BCUT2D eigenvalue weighted by molar-refractivity contribution is 7.89. The lowest BCUT2D eigenvalue weighted by Crippen LogP contribution is -2.41. The van der Waals surface area contributed by atoms with E-state index in [0.29, 0.717) is 24.4 Å². The van der Waals surface area contributed by atoms with E-state index in [1.165, 1.54) is 34.8 Å². The van der Waals surface area contributed by atoms with E-state index in [2.05, 4.69) is 15.0 Å². The van der Waals surface area contributed by atoms with Gasteiger partial charge in [0.25, 0.3) is 10.0 Å². The van der Waals surface area contributed by atoms with Crippen LogP contribution in [-0.4, -0.2) is 54.1 Å². The van der Waals surface area contributed by atoms with E-state index >= 15 is 0 Å². The molecule has 0 spiro atoms. The van der Waals surface area contributed by atoms with Crippen molar-refractivity contribution in [3.63, 3.8) is 0 Å². The maximum Gasteiger partial charge on any atom is 0.422 e. The molecule has 12 heteroatoms. The summed E-state index contributed by atoms with van der Waals surface area (Å²) < 4.78 is 69.6. The van der Waals surface area contributed by atoms with E-state index in [1.54, 1.807) is 18.5 Å². The molecular formula is C19H23F3N4O4S. The quantitative estimate of drug-likeness (QED) is 0.716. The summed E-state index contributed by atoms with van der Waals surface area (Å²) in [4.78, 5) is 16.6. The Morgan fingerprint density at radius 3 is 2.35 bits per heavy atom. The van der Waals surface area contributed by atoms with Crippen LogP contribution in [0.25, 0.3) is 0 Å². The van der Waals surface area contributed by atoms with Crippen LogP contribution in [0.3, 0.4) is 0 Å². The lowest BCUT2D eigenvalue weighted by atomic mass is 9.97. The van der Waals surface area contributed by atoms with Crippen molar-refractivity contribution >= 4 is 21.6 Å². The highest BCUT2D eigenvalue weighted by Crippen LogP contribution is 2.25. The number of aromatic nitrogens is 2. The van der Waals surface area contributed by atoms with Gasteiger partial charge in [0.1, 0.15) is 11.6 Å². The van der Waals surface area contributed by atoms with Crippen LogP contribution in [-0.2, 0) is 21.9 Å². The molecule has 1 aromatic heterocycles. The fraction of sp³-hybridized carbons (Fsp3) is 0.474. The molecule has 2 aromatic rings. The third-order valence-electron chi connectivity index (χ3n) is 5.04. The molecule has 1 fully saturated rings. The van der Waals surface area contributed by atoms with Gasteiger partial charge < -0.3 is 14.6 Å². The lowest BCUT2D eigenvalue weighted by molar-refractivity contribution is -0.153. The molecule has 0 saturated carbocycles. The topological polar surface area (TPSA) is 93.5 Å². The maximum absolute atomic E-state index is 12.7. The van der Waals surface area contributed by atoms with Gasteiger partial charge in [-0.25, -0.2) is 13.4 Å². The number of hydrogen-bond acceptors (Lipinski definition) is 5. The molecule has 1 aliphatic rings. The number of anilines is 1. The number of aryl methyl sites for hydroxylation is 2. The van der Waals surface area contributed by atoms with Crippen LogP contribution in [0.2, 0.25) is 0 Å². The second-order valence-electron chi connectivity index (χ2n) is 7.33. The number of alkyl halides is 3. The number of hydrogen-bond donors (Lipinski definition) is 1. The predicted molar refractivity (Wildman–Crippen MR) is 106 cm³/mol. The molecule has 3 rings (SSSR count). The average molecular weight is 460 g/mol. The first-order valence-corrected chi connectivity index (χ1v) is 11.0. The van der Waals surface area contributed by atoms with Crippen molar-refractivity contribution in [3.8, 4) is 5.75 Å². The largest absolute Gasteiger partial charge is 0.484 e. The summed E-state index contributed by atoms with van der Waals surface area (Å²) in [5.74, 6) is -0.0194. The van der Waals surface area contributed by atoms with E-state index in [9.17, 15) is 26.4 Å². The Kier molecular flexibility index (Phi) is 6.60. The SMILES string of the molecule is Cc1nc(S(=O)(=O)N2CCC(C(=O)Nc3ccc(OCC(F)(F)F)cc3)CC2)cn1C. The zero-order chi connectivity index (χ0) is 22.8. The highest BCUT2D eigenvalue weighted by atomic mass is 32.2. The molecule has 0 bridgehead atoms. The van der Waals surface area contributed by atoms with Gasteiger partial charge in [-0.2, -0.15) is 17.5 Å². The van der Waals surface area contributed by atoms with Gasteiger partial charge in [-0.3, -0.25) is 4.79 Å². The van der Waals surface area contributed by atoms with E-state index in [-0.39, 0.29) is 35.7 Å². The number of carbonyl (C=O) groups excluding carboxylic acids is 1. The summed E-state index contributed by atoms with van der Waals surface area (Å²) in [5.41, 5.74) is 0.420. The minimum absolute atomic E-state index is 0.0109. The number of nitrogens with zero attached hydrogens (tertiary/aromatic N) is 3. The van der Waals surface area contributed by atoms with Gasteiger partial charge in [0.15, 0.2) is 11.6 Å². The van der Waals surface area contributed by atoms with Crippen LogP contribution in [0.15, 0.2) is 35.5 Å². The summed E-state index contributed by atoms with van der Waals surface area (Å²) in [7, 11) is -2.00. The summed E-state index contributed by atoms with van der Waals surface area (Å²) in [6.07, 6.45) is -2.26. The maximum atomic E-state index is 12.7. The Labute approximate surface area is 178 Å². The number of halogens is 3. The predicted octanol–water partition coefficient (Wildman–Crippen LogP) is 2.71. The number of sulfonamides is 1. The van der Waals surface area contributed by atoms with Crippen molar-refractivity contribution < 1.29 is 31.1 Å². The number of piperidine rings is 1. The standard InChI is InChI=1S/C19H23F3N4O4S/c1-13-23-17(11-25(13)2)31(28,29)26-9-7-14(8-10-26)18(27)24-15-3-5-16(6-4-15)30-12-19(20,21)22/h3-6,11,14H,7-10,12H2,1-2H3,(H,24,27). The molecule has 1 amide bonds. The minimum atomic E-state index is -4.43. The molecule has 1 N–H and O–H groups in total. The zero-order valence-electron chi connectivity index (χ0n) is 17.0. The van der Waals surface area contributed by atoms with Crippen molar-refractivity contribution in [1.29, 1.82) is 0 Å². The Bertz CT molecular complexity index is 1010. The minimum Gasteiger partial charge on any atom is -0.484 e. The van der Waals surface area contributed by atoms with E-state index in [1.807, 2.05) is 0 Å². The monoisotopic (exact) mass is 460 g/mol. The average Bonchev–Trinajstić information content (AvgIpc) is 3.06. The summed E-state index contributed by atoms with van der Waals surface area (Å²) in [6.45, 7) is 0.712. The molecule has 8 nitrogen and oxygen atoms in total. The third-order valence-corrected chi connectivity index (χ3v) is 6.81. The van der Waals surface area contributed by atoms with E-state index < -0.39 is 22.8 Å². The number of ether oxygens (including phenoxy) is 1. The van der Waals surface area contributed by atoms with Gasteiger partial charge in [0, 0.05) is 37.9 Å². The lowest BCUT2D eigenvalue weighted by Gasteiger charge is -2.29. The summed E-state index contributed by atoms with van der Waals surface area (Å²) >= 11 is 0. The molecule has 1 aromatic carbocycles. The van der Waals surface area contributed by atoms with E-state index in [4.69, 9.17) is 0 Å². The van der Waals surface area contributed by atoms with Gasteiger partial charge in [-0.05, 0) is 44.0 Å². The molecule has 0 unspecified atom stereocenters. The summed E-state index contributed by atoms with van der Waals surface area (Å²) in [6, 6.07) is 5.58. The normalized spacial score (nSPS) is 16.3. The zero-order valence-corrected chi connectivity index (χ0v) is 17.8. The number of rotatable bonds is 6. The van der Waals surface area contributed by atoms with Gasteiger partial charge in [0.2, 0.25) is 5.91 Å². The first-order chi connectivity index (χ1) is 14.5. The van der Waals surface area contributed by atoms with Crippen molar-refractivity contribution in [2.45, 2.75) is 31.0 Å². The van der Waals surface area contributed by atoms with Crippen molar-refractivity contribution in [2.24, 2.45) is 13.0 Å². The van der Waals surface area contributed by atoms with Crippen LogP contribution >= 0.6 is 0 Å². The Morgan fingerprint density at radius 2 is 1.84 bits per heavy atom. The molecule has 0 radical (unpaired) electrons. The Morgan fingerprint density at radius 1 is 1.23 bits per heavy atom. The highest BCUT2D eigenvalue weighted by Gasteiger charge is 2.33. The van der Waals surface area contributed by atoms with Crippen LogP contribution < -0.4 is 10.1 Å². The molecule has 2 heterocycles. The second kappa shape index (κ2) is 8.87. The molecule has 1 aliphatic heterocycles. The van der Waals surface area contributed by atoms with Crippen LogP contribution in [0, 0.1) is 12.8 Å². The second-order valence-corrected chi connectivity index (χ2v) is 9.22. The van der Waals surface area contributed by atoms with Crippen molar-refractivity contribution in [3.05, 3.63) is 36.3 Å². The smallest absolute Gasteiger partial charge is 0.422 e. The molecule has 31 heavy (non-hydrogen) atoms. The Balaban J connectivity index is 1.53. The Hall–Kier alpha value is -2.60. The number of imidazole rings is 1. The number of amides is 1. The first-order valence-electron chi connectivity index (χ1n) is 9.56. The number of benzene rings is 1. The molecule has 1 saturated heterocycles. The fourth-order valence-electron chi connectivity index (χ4n) is 3.19. The van der Waals surface area contributed by atoms with Crippen molar-refractivity contribution in [1.82, 2.24) is 13.9 Å². The number of nitrogens with one attached hydrogen (secondary N) is 1. The number of carbonyl (C=O) groups is 1. The fourth-order valence-corrected chi connectivity index (χ4v) is 4.68. The third kappa shape index (κ3) is 5.76. The molecule has 0 aliphatic carbocycles. The van der Waals surface area contributed by atoms with Crippen molar-refractivity contribution in [2.75, 3.05) is 25.0 Å². The summed E-state index contributed by atoms with van der Waals surface area (Å²) in [5, 5.41) is 2.70. The van der Waals surface area contributed by atoms with Gasteiger partial charge >= 0.3 is 6.18 Å². The molecule has 0 atom stereocenters. The van der Waals surface area contributed by atoms with Crippen LogP contribution in [0.1, 0.15) is 18.7 Å². The molecular weight excluding hydrogens is 437 g/mol. The van der Waals surface area contributed by atoms with Crippen LogP contribution in [0.4, 0.5) is 18.9 Å². The van der Waals surface area contributed by atoms with Gasteiger partial charge in [-0.15, -0.1) is 0 Å².